The molecule has 104 valence electrons. The fraction of sp³-hybridized carbons (Fsp3) is 0.714. The molecule has 0 saturated carbocycles. The van der Waals surface area contributed by atoms with Crippen molar-refractivity contribution in [1.29, 1.82) is 0 Å². The molecule has 0 aromatic carbocycles. The quantitative estimate of drug-likeness (QED) is 0.640. The molecular weight excluding hydrogens is 242 g/mol. The molecule has 0 spiro atoms. The van der Waals surface area contributed by atoms with Crippen LogP contribution in [0.4, 0.5) is 0 Å². The highest BCUT2D eigenvalue weighted by molar-refractivity contribution is 6.66. The lowest BCUT2D eigenvalue weighted by atomic mass is 10.2. The monoisotopic (exact) mass is 269 g/mol. The van der Waals surface area contributed by atoms with Crippen molar-refractivity contribution in [3.63, 3.8) is 0 Å². The van der Waals surface area contributed by atoms with Crippen LogP contribution in [0.15, 0.2) is 18.3 Å². The topological polar surface area (TPSA) is 23.4 Å². The highest BCUT2D eigenvalue weighted by atomic mass is 28.4. The van der Waals surface area contributed by atoms with E-state index in [4.69, 9.17) is 8.85 Å². The van der Waals surface area contributed by atoms with E-state index in [1.807, 2.05) is 13.8 Å². The second kappa shape index (κ2) is 7.76. The minimum atomic E-state index is -1.92. The molecule has 0 N–H and O–H groups in total. The molecule has 0 aliphatic carbocycles. The van der Waals surface area contributed by atoms with Gasteiger partial charge in [-0.25, -0.2) is 0 Å². The van der Waals surface area contributed by atoms with Crippen molar-refractivity contribution in [1.82, 2.24) is 4.57 Å². The first-order valence-electron chi connectivity index (χ1n) is 7.07. The molecule has 0 bridgehead atoms. The van der Waals surface area contributed by atoms with Gasteiger partial charge < -0.3 is 13.4 Å². The summed E-state index contributed by atoms with van der Waals surface area (Å²) in [5.74, 6) is 0. The van der Waals surface area contributed by atoms with Gasteiger partial charge in [-0.1, -0.05) is 0 Å². The van der Waals surface area contributed by atoms with Crippen LogP contribution in [0.5, 0.6) is 0 Å². The SMILES string of the molecule is CCO[Si](C)(CCCc1cccn1CC)OCC. The van der Waals surface area contributed by atoms with Crippen LogP contribution in [-0.2, 0) is 21.8 Å². The molecular formula is C14H27NO2Si. The molecule has 1 aromatic rings. The zero-order valence-electron chi connectivity index (χ0n) is 12.2. The molecule has 1 rings (SSSR count). The summed E-state index contributed by atoms with van der Waals surface area (Å²) in [6.07, 6.45) is 4.41. The summed E-state index contributed by atoms with van der Waals surface area (Å²) >= 11 is 0. The van der Waals surface area contributed by atoms with Gasteiger partial charge >= 0.3 is 8.56 Å². The first-order chi connectivity index (χ1) is 8.65. The molecule has 3 nitrogen and oxygen atoms in total. The Morgan fingerprint density at radius 3 is 2.39 bits per heavy atom. The summed E-state index contributed by atoms with van der Waals surface area (Å²) in [6, 6.07) is 5.41. The van der Waals surface area contributed by atoms with Crippen molar-refractivity contribution in [2.75, 3.05) is 13.2 Å². The van der Waals surface area contributed by atoms with E-state index >= 15 is 0 Å². The van der Waals surface area contributed by atoms with E-state index in [9.17, 15) is 0 Å². The zero-order chi connectivity index (χ0) is 13.4. The molecule has 1 aromatic heterocycles. The molecule has 18 heavy (non-hydrogen) atoms. The van der Waals surface area contributed by atoms with Crippen LogP contribution < -0.4 is 0 Å². The number of hydrogen-bond donors (Lipinski definition) is 0. The number of nitrogens with zero attached hydrogens (tertiary/aromatic N) is 1. The third-order valence-corrected chi connectivity index (χ3v) is 6.29. The zero-order valence-corrected chi connectivity index (χ0v) is 13.2. The third-order valence-electron chi connectivity index (χ3n) is 3.23. The molecule has 0 amide bonds. The molecule has 4 heteroatoms. The van der Waals surface area contributed by atoms with E-state index < -0.39 is 8.56 Å². The summed E-state index contributed by atoms with van der Waals surface area (Å²) in [7, 11) is -1.92. The van der Waals surface area contributed by atoms with Gasteiger partial charge in [-0.3, -0.25) is 0 Å². The number of hydrogen-bond acceptors (Lipinski definition) is 2. The van der Waals surface area contributed by atoms with Crippen LogP contribution in [-0.4, -0.2) is 26.3 Å². The predicted molar refractivity (Wildman–Crippen MR) is 78.1 cm³/mol. The van der Waals surface area contributed by atoms with Crippen molar-refractivity contribution in [3.05, 3.63) is 24.0 Å². The summed E-state index contributed by atoms with van der Waals surface area (Å²) in [5.41, 5.74) is 1.42. The number of aromatic nitrogens is 1. The molecule has 0 atom stereocenters. The van der Waals surface area contributed by atoms with Gasteiger partial charge in [0.1, 0.15) is 0 Å². The van der Waals surface area contributed by atoms with Crippen LogP contribution in [0.25, 0.3) is 0 Å². The van der Waals surface area contributed by atoms with Crippen molar-refractivity contribution < 1.29 is 8.85 Å². The molecule has 1 heterocycles. The van der Waals surface area contributed by atoms with E-state index in [1.165, 1.54) is 5.69 Å². The first kappa shape index (κ1) is 15.5. The second-order valence-electron chi connectivity index (χ2n) is 4.64. The Morgan fingerprint density at radius 2 is 1.83 bits per heavy atom. The molecule has 0 aliphatic rings. The van der Waals surface area contributed by atoms with Crippen LogP contribution in [0.1, 0.15) is 32.9 Å². The minimum absolute atomic E-state index is 0.758. The number of rotatable bonds is 9. The Hall–Kier alpha value is -0.583. The Labute approximate surface area is 112 Å². The number of aryl methyl sites for hydroxylation is 2. The highest BCUT2D eigenvalue weighted by Crippen LogP contribution is 2.18. The summed E-state index contributed by atoms with van der Waals surface area (Å²) in [5, 5.41) is 0. The van der Waals surface area contributed by atoms with Crippen LogP contribution in [0.3, 0.4) is 0 Å². The molecule has 0 fully saturated rings. The fourth-order valence-corrected chi connectivity index (χ4v) is 4.78. The molecule has 0 aliphatic heterocycles. The maximum absolute atomic E-state index is 5.86. The fourth-order valence-electron chi connectivity index (χ4n) is 2.37. The first-order valence-corrected chi connectivity index (χ1v) is 9.59. The summed E-state index contributed by atoms with van der Waals surface area (Å²) in [4.78, 5) is 0. The highest BCUT2D eigenvalue weighted by Gasteiger charge is 2.29. The van der Waals surface area contributed by atoms with Gasteiger partial charge in [0.15, 0.2) is 0 Å². The van der Waals surface area contributed by atoms with Gasteiger partial charge in [0.2, 0.25) is 0 Å². The van der Waals surface area contributed by atoms with Gasteiger partial charge in [-0.2, -0.15) is 0 Å². The average molecular weight is 269 g/mol. The van der Waals surface area contributed by atoms with Crippen molar-refractivity contribution in [2.24, 2.45) is 0 Å². The van der Waals surface area contributed by atoms with Gasteiger partial charge in [0.05, 0.1) is 0 Å². The van der Waals surface area contributed by atoms with Crippen LogP contribution in [0.2, 0.25) is 12.6 Å². The van der Waals surface area contributed by atoms with E-state index in [1.54, 1.807) is 0 Å². The minimum Gasteiger partial charge on any atom is -0.395 e. The molecule has 0 saturated heterocycles. The Bertz CT molecular complexity index is 332. The van der Waals surface area contributed by atoms with Gasteiger partial charge in [0, 0.05) is 31.6 Å². The van der Waals surface area contributed by atoms with Crippen molar-refractivity contribution in [3.8, 4) is 0 Å². The lowest BCUT2D eigenvalue weighted by Gasteiger charge is -2.25. The average Bonchev–Trinajstić information content (AvgIpc) is 2.77. The summed E-state index contributed by atoms with van der Waals surface area (Å²) < 4.78 is 14.0. The van der Waals surface area contributed by atoms with Crippen LogP contribution in [0, 0.1) is 0 Å². The van der Waals surface area contributed by atoms with Gasteiger partial charge in [-0.05, 0) is 58.3 Å². The Balaban J connectivity index is 2.43. The van der Waals surface area contributed by atoms with E-state index in [2.05, 4.69) is 36.4 Å². The maximum atomic E-state index is 5.86. The van der Waals surface area contributed by atoms with Crippen LogP contribution >= 0.6 is 0 Å². The largest absolute Gasteiger partial charge is 0.395 e. The lowest BCUT2D eigenvalue weighted by Crippen LogP contribution is -2.38. The molecule has 0 radical (unpaired) electrons. The normalized spacial score (nSPS) is 12.0. The standard InChI is InChI=1S/C14H27NO2Si/c1-5-15-12-8-10-14(15)11-9-13-18(4,16-6-2)17-7-3/h8,10,12H,5-7,9,11,13H2,1-4H3. The third kappa shape index (κ3) is 4.59. The second-order valence-corrected chi connectivity index (χ2v) is 7.98. The van der Waals surface area contributed by atoms with E-state index in [0.29, 0.717) is 0 Å². The van der Waals surface area contributed by atoms with Gasteiger partial charge in [0.25, 0.3) is 0 Å². The van der Waals surface area contributed by atoms with E-state index in [0.717, 1.165) is 38.6 Å². The maximum Gasteiger partial charge on any atom is 0.334 e. The summed E-state index contributed by atoms with van der Waals surface area (Å²) in [6.45, 7) is 11.0. The van der Waals surface area contributed by atoms with Gasteiger partial charge in [-0.15, -0.1) is 0 Å². The molecule has 0 unspecified atom stereocenters. The Morgan fingerprint density at radius 1 is 1.17 bits per heavy atom. The van der Waals surface area contributed by atoms with Crippen molar-refractivity contribution >= 4 is 8.56 Å². The predicted octanol–water partition coefficient (Wildman–Crippen LogP) is 3.59. The smallest absolute Gasteiger partial charge is 0.334 e. The Kier molecular flexibility index (Phi) is 6.68. The van der Waals surface area contributed by atoms with Crippen molar-refractivity contribution in [2.45, 2.75) is 52.7 Å². The van der Waals surface area contributed by atoms with E-state index in [-0.39, 0.29) is 0 Å². The lowest BCUT2D eigenvalue weighted by molar-refractivity contribution is 0.188.